The van der Waals surface area contributed by atoms with Gasteiger partial charge in [-0.05, 0) is 24.1 Å². The number of nitrogens with one attached hydrogen (secondary N) is 1. The van der Waals surface area contributed by atoms with Crippen LogP contribution in [0.2, 0.25) is 0 Å². The fraction of sp³-hybridized carbons (Fsp3) is 0.375. The number of carbonyl (C=O) groups is 2. The molecular weight excluding hydrogens is 284 g/mol. The van der Waals surface area contributed by atoms with E-state index in [-0.39, 0.29) is 18.4 Å². The number of rotatable bonds is 6. The van der Waals surface area contributed by atoms with E-state index in [0.717, 1.165) is 16.7 Å². The van der Waals surface area contributed by atoms with Gasteiger partial charge in [-0.3, -0.25) is 4.79 Å². The van der Waals surface area contributed by atoms with Crippen LogP contribution in [-0.2, 0) is 16.1 Å². The van der Waals surface area contributed by atoms with Gasteiger partial charge in [0.1, 0.15) is 18.3 Å². The molecule has 22 heavy (non-hydrogen) atoms. The molecule has 0 saturated carbocycles. The first kappa shape index (κ1) is 15.9. The van der Waals surface area contributed by atoms with Crippen LogP contribution in [-0.4, -0.2) is 34.7 Å². The number of fused-ring (bicyclic) bond motifs is 1. The van der Waals surface area contributed by atoms with Crippen LogP contribution in [0, 0.1) is 5.92 Å². The molecule has 0 fully saturated rings. The van der Waals surface area contributed by atoms with Gasteiger partial charge in [0, 0.05) is 11.6 Å². The van der Waals surface area contributed by atoms with Crippen molar-refractivity contribution >= 4 is 22.8 Å². The van der Waals surface area contributed by atoms with Crippen molar-refractivity contribution in [2.75, 3.05) is 7.11 Å². The van der Waals surface area contributed by atoms with Crippen LogP contribution >= 0.6 is 0 Å². The molecule has 2 aromatic rings. The number of aromatic nitrogens is 1. The maximum Gasteiger partial charge on any atom is 0.326 e. The number of aliphatic carboxylic acids is 1. The third-order valence-corrected chi connectivity index (χ3v) is 3.56. The molecule has 0 aliphatic carbocycles. The molecular formula is C16H20N2O4. The van der Waals surface area contributed by atoms with Gasteiger partial charge >= 0.3 is 5.97 Å². The number of carboxylic acid groups (broad SMARTS) is 1. The minimum absolute atomic E-state index is 0.0627. The molecule has 0 aliphatic rings. The fourth-order valence-corrected chi connectivity index (χ4v) is 2.40. The maximum atomic E-state index is 12.1. The van der Waals surface area contributed by atoms with E-state index in [4.69, 9.17) is 9.84 Å². The highest BCUT2D eigenvalue weighted by Crippen LogP contribution is 2.26. The summed E-state index contributed by atoms with van der Waals surface area (Å²) in [6, 6.07) is 6.58. The average Bonchev–Trinajstić information content (AvgIpc) is 2.87. The van der Waals surface area contributed by atoms with Crippen LogP contribution in [0.4, 0.5) is 0 Å². The molecule has 118 valence electrons. The summed E-state index contributed by atoms with van der Waals surface area (Å²) in [7, 11) is 1.60. The van der Waals surface area contributed by atoms with Crippen LogP contribution in [0.1, 0.15) is 13.8 Å². The van der Waals surface area contributed by atoms with E-state index < -0.39 is 12.0 Å². The second kappa shape index (κ2) is 6.51. The molecule has 0 spiro atoms. The van der Waals surface area contributed by atoms with E-state index in [1.54, 1.807) is 31.7 Å². The molecule has 2 N–H and O–H groups in total. The lowest BCUT2D eigenvalue weighted by atomic mass is 10.1. The highest BCUT2D eigenvalue weighted by Gasteiger charge is 2.23. The van der Waals surface area contributed by atoms with Gasteiger partial charge in [-0.15, -0.1) is 0 Å². The monoisotopic (exact) mass is 304 g/mol. The first-order chi connectivity index (χ1) is 10.4. The molecule has 6 heteroatoms. The second-order valence-corrected chi connectivity index (χ2v) is 5.46. The summed E-state index contributed by atoms with van der Waals surface area (Å²) in [6.45, 7) is 3.58. The predicted octanol–water partition coefficient (Wildman–Crippen LogP) is 1.88. The standard InChI is InChI=1S/C16H20N2O4/c1-10(2)15(16(20)21)17-14(19)9-18-8-7-11-12(18)5-4-6-13(11)22-3/h4-8,10,15H,9H2,1-3H3,(H,17,19)(H,20,21). The molecule has 1 amide bonds. The summed E-state index contributed by atoms with van der Waals surface area (Å²) in [5.41, 5.74) is 0.867. The lowest BCUT2D eigenvalue weighted by Crippen LogP contribution is -2.45. The Morgan fingerprint density at radius 3 is 2.64 bits per heavy atom. The third-order valence-electron chi connectivity index (χ3n) is 3.56. The number of benzene rings is 1. The maximum absolute atomic E-state index is 12.1. The highest BCUT2D eigenvalue weighted by atomic mass is 16.5. The zero-order valence-electron chi connectivity index (χ0n) is 12.9. The molecule has 0 saturated heterocycles. The van der Waals surface area contributed by atoms with Gasteiger partial charge < -0.3 is 19.7 Å². The molecule has 0 radical (unpaired) electrons. The van der Waals surface area contributed by atoms with E-state index in [1.165, 1.54) is 0 Å². The van der Waals surface area contributed by atoms with Crippen molar-refractivity contribution in [2.24, 2.45) is 5.92 Å². The van der Waals surface area contributed by atoms with E-state index >= 15 is 0 Å². The number of carbonyl (C=O) groups excluding carboxylic acids is 1. The Balaban J connectivity index is 2.17. The highest BCUT2D eigenvalue weighted by molar-refractivity contribution is 5.89. The van der Waals surface area contributed by atoms with Gasteiger partial charge in [0.25, 0.3) is 0 Å². The molecule has 6 nitrogen and oxygen atoms in total. The van der Waals surface area contributed by atoms with E-state index in [9.17, 15) is 9.59 Å². The van der Waals surface area contributed by atoms with Crippen molar-refractivity contribution in [1.29, 1.82) is 0 Å². The third kappa shape index (κ3) is 3.21. The van der Waals surface area contributed by atoms with Crippen LogP contribution in [0.3, 0.4) is 0 Å². The van der Waals surface area contributed by atoms with Crippen LogP contribution in [0.15, 0.2) is 30.5 Å². The number of nitrogens with zero attached hydrogens (tertiary/aromatic N) is 1. The minimum atomic E-state index is -1.03. The quantitative estimate of drug-likeness (QED) is 0.854. The summed E-state index contributed by atoms with van der Waals surface area (Å²) < 4.78 is 7.05. The van der Waals surface area contributed by atoms with Crippen molar-refractivity contribution < 1.29 is 19.4 Å². The van der Waals surface area contributed by atoms with Crippen LogP contribution in [0.5, 0.6) is 5.75 Å². The number of amides is 1. The topological polar surface area (TPSA) is 80.6 Å². The fourth-order valence-electron chi connectivity index (χ4n) is 2.40. The largest absolute Gasteiger partial charge is 0.496 e. The Hall–Kier alpha value is -2.50. The summed E-state index contributed by atoms with van der Waals surface area (Å²) >= 11 is 0. The smallest absolute Gasteiger partial charge is 0.326 e. The van der Waals surface area contributed by atoms with Gasteiger partial charge in [0.05, 0.1) is 12.6 Å². The molecule has 1 heterocycles. The zero-order chi connectivity index (χ0) is 16.3. The van der Waals surface area contributed by atoms with Gasteiger partial charge in [-0.2, -0.15) is 0 Å². The first-order valence-electron chi connectivity index (χ1n) is 7.08. The van der Waals surface area contributed by atoms with Crippen LogP contribution in [0.25, 0.3) is 10.9 Å². The van der Waals surface area contributed by atoms with Crippen molar-refractivity contribution in [2.45, 2.75) is 26.4 Å². The van der Waals surface area contributed by atoms with E-state index in [1.807, 2.05) is 24.3 Å². The Kier molecular flexibility index (Phi) is 4.70. The van der Waals surface area contributed by atoms with Gasteiger partial charge in [-0.1, -0.05) is 19.9 Å². The number of ether oxygens (including phenoxy) is 1. The normalized spacial score (nSPS) is 12.4. The molecule has 0 bridgehead atoms. The van der Waals surface area contributed by atoms with Crippen molar-refractivity contribution in [1.82, 2.24) is 9.88 Å². The van der Waals surface area contributed by atoms with Gasteiger partial charge in [0.15, 0.2) is 0 Å². The lowest BCUT2D eigenvalue weighted by molar-refractivity contribution is -0.143. The Morgan fingerprint density at radius 2 is 2.05 bits per heavy atom. The predicted molar refractivity (Wildman–Crippen MR) is 82.9 cm³/mol. The van der Waals surface area contributed by atoms with E-state index in [0.29, 0.717) is 0 Å². The summed E-state index contributed by atoms with van der Waals surface area (Å²) in [5, 5.41) is 12.6. The molecule has 1 unspecified atom stereocenters. The molecule has 1 aromatic carbocycles. The Bertz CT molecular complexity index is 691. The van der Waals surface area contributed by atoms with Crippen molar-refractivity contribution in [3.8, 4) is 5.75 Å². The summed E-state index contributed by atoms with van der Waals surface area (Å²) in [6.07, 6.45) is 1.79. The second-order valence-electron chi connectivity index (χ2n) is 5.46. The number of hydrogen-bond acceptors (Lipinski definition) is 3. The SMILES string of the molecule is COc1cccc2c1ccn2CC(=O)NC(C(=O)O)C(C)C. The number of hydrogen-bond donors (Lipinski definition) is 2. The minimum Gasteiger partial charge on any atom is -0.496 e. The summed E-state index contributed by atoms with van der Waals surface area (Å²) in [4.78, 5) is 23.2. The van der Waals surface area contributed by atoms with Crippen molar-refractivity contribution in [3.63, 3.8) is 0 Å². The summed E-state index contributed by atoms with van der Waals surface area (Å²) in [5.74, 6) is -0.797. The Labute approximate surface area is 128 Å². The molecule has 0 aliphatic heterocycles. The van der Waals surface area contributed by atoms with Crippen LogP contribution < -0.4 is 10.1 Å². The zero-order valence-corrected chi connectivity index (χ0v) is 12.9. The Morgan fingerprint density at radius 1 is 1.32 bits per heavy atom. The van der Waals surface area contributed by atoms with Crippen molar-refractivity contribution in [3.05, 3.63) is 30.5 Å². The van der Waals surface area contributed by atoms with E-state index in [2.05, 4.69) is 5.32 Å². The molecule has 1 atom stereocenters. The molecule has 2 rings (SSSR count). The number of carboxylic acids is 1. The average molecular weight is 304 g/mol. The van der Waals surface area contributed by atoms with Gasteiger partial charge in [-0.25, -0.2) is 4.79 Å². The first-order valence-corrected chi connectivity index (χ1v) is 7.08. The lowest BCUT2D eigenvalue weighted by Gasteiger charge is -2.18. The van der Waals surface area contributed by atoms with Gasteiger partial charge in [0.2, 0.25) is 5.91 Å². The molecule has 1 aromatic heterocycles. The number of methoxy groups -OCH3 is 1.